The molecule has 1 aromatic heterocycles. The number of ether oxygens (including phenoxy) is 1. The van der Waals surface area contributed by atoms with Gasteiger partial charge < -0.3 is 4.74 Å². The van der Waals surface area contributed by atoms with Gasteiger partial charge in [0, 0.05) is 12.4 Å². The van der Waals surface area contributed by atoms with Crippen LogP contribution in [0, 0.1) is 0 Å². The van der Waals surface area contributed by atoms with Crippen molar-refractivity contribution in [2.24, 2.45) is 0 Å². The zero-order valence-corrected chi connectivity index (χ0v) is 13.8. The van der Waals surface area contributed by atoms with Crippen molar-refractivity contribution in [2.75, 3.05) is 6.61 Å². The van der Waals surface area contributed by atoms with Crippen LogP contribution in [0.2, 0.25) is 0 Å². The van der Waals surface area contributed by atoms with Gasteiger partial charge in [-0.05, 0) is 42.2 Å². The molecule has 2 aromatic rings. The average molecular weight is 327 g/mol. The molecule has 1 unspecified atom stereocenters. The van der Waals surface area contributed by atoms with Gasteiger partial charge in [-0.15, -0.1) is 0 Å². The first-order chi connectivity index (χ1) is 11.6. The van der Waals surface area contributed by atoms with E-state index >= 15 is 0 Å². The topological polar surface area (TPSA) is 80.3 Å². The summed E-state index contributed by atoms with van der Waals surface area (Å²) in [5.41, 5.74) is 6.20. The van der Waals surface area contributed by atoms with Gasteiger partial charge in [0.1, 0.15) is 5.75 Å². The van der Waals surface area contributed by atoms with Gasteiger partial charge >= 0.3 is 0 Å². The Labute approximate surface area is 141 Å². The summed E-state index contributed by atoms with van der Waals surface area (Å²) in [6.07, 6.45) is 4.05. The first kappa shape index (κ1) is 17.5. The van der Waals surface area contributed by atoms with Gasteiger partial charge in [0.15, 0.2) is 6.61 Å². The van der Waals surface area contributed by atoms with Crippen LogP contribution in [-0.4, -0.2) is 23.4 Å². The van der Waals surface area contributed by atoms with Crippen LogP contribution >= 0.6 is 0 Å². The molecule has 1 heterocycles. The fourth-order valence-corrected chi connectivity index (χ4v) is 2.01. The maximum absolute atomic E-state index is 11.7. The summed E-state index contributed by atoms with van der Waals surface area (Å²) in [5, 5.41) is 0. The molecule has 2 amide bonds. The molecular formula is C18H21N3O3. The monoisotopic (exact) mass is 327 g/mol. The molecule has 0 saturated heterocycles. The molecule has 6 heteroatoms. The summed E-state index contributed by atoms with van der Waals surface area (Å²) in [6, 6.07) is 10.9. The predicted octanol–water partition coefficient (Wildman–Crippen LogP) is 2.44. The van der Waals surface area contributed by atoms with E-state index < -0.39 is 11.8 Å². The number of amides is 2. The van der Waals surface area contributed by atoms with E-state index in [0.29, 0.717) is 17.2 Å². The molecule has 0 aliphatic carbocycles. The molecule has 6 nitrogen and oxygen atoms in total. The van der Waals surface area contributed by atoms with Crippen LogP contribution in [0.15, 0.2) is 48.8 Å². The maximum atomic E-state index is 11.7. The van der Waals surface area contributed by atoms with Gasteiger partial charge in [-0.2, -0.15) is 0 Å². The van der Waals surface area contributed by atoms with E-state index in [1.54, 1.807) is 18.3 Å². The Kier molecular flexibility index (Phi) is 6.31. The Hall–Kier alpha value is -2.89. The lowest BCUT2D eigenvalue weighted by molar-refractivity contribution is -0.123. The number of aromatic nitrogens is 1. The van der Waals surface area contributed by atoms with Crippen LogP contribution in [0.4, 0.5) is 0 Å². The van der Waals surface area contributed by atoms with E-state index in [1.807, 2.05) is 24.3 Å². The second-order valence-corrected chi connectivity index (χ2v) is 5.41. The van der Waals surface area contributed by atoms with Gasteiger partial charge in [0.25, 0.3) is 11.8 Å². The number of hydrogen-bond acceptors (Lipinski definition) is 4. The molecular weight excluding hydrogens is 306 g/mol. The molecule has 0 aliphatic rings. The second-order valence-electron chi connectivity index (χ2n) is 5.41. The molecule has 2 rings (SSSR count). The van der Waals surface area contributed by atoms with Gasteiger partial charge in [0.05, 0.1) is 5.56 Å². The smallest absolute Gasteiger partial charge is 0.276 e. The zero-order valence-electron chi connectivity index (χ0n) is 13.8. The lowest BCUT2D eigenvalue weighted by atomic mass is 9.99. The molecule has 1 atom stereocenters. The van der Waals surface area contributed by atoms with E-state index in [-0.39, 0.29) is 6.61 Å². The van der Waals surface area contributed by atoms with Crippen molar-refractivity contribution in [2.45, 2.75) is 26.2 Å². The Morgan fingerprint density at radius 2 is 1.92 bits per heavy atom. The van der Waals surface area contributed by atoms with Crippen LogP contribution < -0.4 is 15.6 Å². The standard InChI is InChI=1S/C18H21N3O3/c1-3-13(2)14-6-8-16(9-7-14)24-12-17(22)20-21-18(23)15-5-4-10-19-11-15/h4-11,13H,3,12H2,1-2H3,(H,20,22)(H,21,23). The fraction of sp³-hybridized carbons (Fsp3) is 0.278. The average Bonchev–Trinajstić information content (AvgIpc) is 2.64. The quantitative estimate of drug-likeness (QED) is 0.799. The van der Waals surface area contributed by atoms with E-state index in [0.717, 1.165) is 6.42 Å². The van der Waals surface area contributed by atoms with E-state index in [2.05, 4.69) is 29.7 Å². The van der Waals surface area contributed by atoms with Gasteiger partial charge in [-0.1, -0.05) is 26.0 Å². The molecule has 1 aromatic carbocycles. The van der Waals surface area contributed by atoms with Gasteiger partial charge in [-0.25, -0.2) is 0 Å². The minimum Gasteiger partial charge on any atom is -0.484 e. The summed E-state index contributed by atoms with van der Waals surface area (Å²) < 4.78 is 5.40. The zero-order chi connectivity index (χ0) is 17.4. The Bertz CT molecular complexity index is 672. The van der Waals surface area contributed by atoms with Crippen molar-refractivity contribution in [1.29, 1.82) is 0 Å². The van der Waals surface area contributed by atoms with E-state index in [9.17, 15) is 9.59 Å². The molecule has 0 saturated carbocycles. The summed E-state index contributed by atoms with van der Waals surface area (Å²) in [6.45, 7) is 4.11. The molecule has 0 spiro atoms. The van der Waals surface area contributed by atoms with E-state index in [1.165, 1.54) is 11.8 Å². The summed E-state index contributed by atoms with van der Waals surface area (Å²) in [5.74, 6) is 0.216. The second kappa shape index (κ2) is 8.67. The largest absolute Gasteiger partial charge is 0.484 e. The van der Waals surface area contributed by atoms with Gasteiger partial charge in [-0.3, -0.25) is 25.4 Å². The van der Waals surface area contributed by atoms with Crippen LogP contribution in [0.25, 0.3) is 0 Å². The number of carbonyl (C=O) groups is 2. The number of nitrogens with zero attached hydrogens (tertiary/aromatic N) is 1. The molecule has 0 fully saturated rings. The molecule has 0 radical (unpaired) electrons. The first-order valence-corrected chi connectivity index (χ1v) is 7.82. The molecule has 0 bridgehead atoms. The third-order valence-electron chi connectivity index (χ3n) is 3.67. The first-order valence-electron chi connectivity index (χ1n) is 7.82. The van der Waals surface area contributed by atoms with Crippen LogP contribution in [0.3, 0.4) is 0 Å². The van der Waals surface area contributed by atoms with Gasteiger partial charge in [0.2, 0.25) is 0 Å². The highest BCUT2D eigenvalue weighted by atomic mass is 16.5. The van der Waals surface area contributed by atoms with Crippen molar-refractivity contribution in [1.82, 2.24) is 15.8 Å². The number of benzene rings is 1. The molecule has 126 valence electrons. The third kappa shape index (κ3) is 5.08. The normalized spacial score (nSPS) is 11.4. The highest BCUT2D eigenvalue weighted by molar-refractivity contribution is 5.95. The number of hydrazine groups is 1. The van der Waals surface area contributed by atoms with Crippen molar-refractivity contribution >= 4 is 11.8 Å². The maximum Gasteiger partial charge on any atom is 0.276 e. The SMILES string of the molecule is CCC(C)c1ccc(OCC(=O)NNC(=O)c2cccnc2)cc1. The summed E-state index contributed by atoms with van der Waals surface area (Å²) >= 11 is 0. The highest BCUT2D eigenvalue weighted by Crippen LogP contribution is 2.21. The molecule has 24 heavy (non-hydrogen) atoms. The highest BCUT2D eigenvalue weighted by Gasteiger charge is 2.08. The fourth-order valence-electron chi connectivity index (χ4n) is 2.01. The lowest BCUT2D eigenvalue weighted by Gasteiger charge is -2.11. The summed E-state index contributed by atoms with van der Waals surface area (Å²) in [7, 11) is 0. The Morgan fingerprint density at radius 3 is 2.54 bits per heavy atom. The summed E-state index contributed by atoms with van der Waals surface area (Å²) in [4.78, 5) is 27.3. The lowest BCUT2D eigenvalue weighted by Crippen LogP contribution is -2.43. The number of pyridine rings is 1. The van der Waals surface area contributed by atoms with Crippen LogP contribution in [0.5, 0.6) is 5.75 Å². The van der Waals surface area contributed by atoms with Crippen molar-refractivity contribution < 1.29 is 14.3 Å². The Balaban J connectivity index is 1.76. The minimum absolute atomic E-state index is 0.185. The number of hydrogen-bond donors (Lipinski definition) is 2. The number of nitrogens with one attached hydrogen (secondary N) is 2. The molecule has 2 N–H and O–H groups in total. The van der Waals surface area contributed by atoms with Crippen LogP contribution in [-0.2, 0) is 4.79 Å². The van der Waals surface area contributed by atoms with Crippen molar-refractivity contribution in [3.8, 4) is 5.75 Å². The van der Waals surface area contributed by atoms with Crippen molar-refractivity contribution in [3.63, 3.8) is 0 Å². The third-order valence-corrected chi connectivity index (χ3v) is 3.67. The predicted molar refractivity (Wildman–Crippen MR) is 90.5 cm³/mol. The van der Waals surface area contributed by atoms with Crippen molar-refractivity contribution in [3.05, 3.63) is 59.9 Å². The van der Waals surface area contributed by atoms with Crippen LogP contribution in [0.1, 0.15) is 42.1 Å². The minimum atomic E-state index is -0.446. The number of rotatable bonds is 6. The molecule has 0 aliphatic heterocycles. The number of carbonyl (C=O) groups excluding carboxylic acids is 2. The Morgan fingerprint density at radius 1 is 1.17 bits per heavy atom. The van der Waals surface area contributed by atoms with E-state index in [4.69, 9.17) is 4.74 Å².